The number of para-hydroxylation sites is 1. The van der Waals surface area contributed by atoms with Gasteiger partial charge in [0.2, 0.25) is 0 Å². The lowest BCUT2D eigenvalue weighted by molar-refractivity contribution is 0.408. The summed E-state index contributed by atoms with van der Waals surface area (Å²) in [6, 6.07) is 17.5. The Bertz CT molecular complexity index is 825. The lowest BCUT2D eigenvalue weighted by atomic mass is 10.2. The molecule has 0 unspecified atom stereocenters. The molecule has 0 saturated heterocycles. The average Bonchev–Trinajstić information content (AvgIpc) is 3.08. The van der Waals surface area contributed by atoms with Crippen molar-refractivity contribution in [1.82, 2.24) is 5.43 Å². The molecule has 24 heavy (non-hydrogen) atoms. The van der Waals surface area contributed by atoms with Gasteiger partial charge in [-0.05, 0) is 42.5 Å². The Morgan fingerprint density at radius 1 is 1.08 bits per heavy atom. The Morgan fingerprint density at radius 3 is 2.67 bits per heavy atom. The van der Waals surface area contributed by atoms with Crippen LogP contribution in [0.3, 0.4) is 0 Å². The van der Waals surface area contributed by atoms with Gasteiger partial charge in [-0.3, -0.25) is 0 Å². The number of hydrazone groups is 1. The topological polar surface area (TPSA) is 46.8 Å². The minimum Gasteiger partial charge on any atom is -0.496 e. The Labute approximate surface area is 139 Å². The summed E-state index contributed by atoms with van der Waals surface area (Å²) in [5, 5.41) is 4.15. The summed E-state index contributed by atoms with van der Waals surface area (Å²) in [6.07, 6.45) is 1.60. The Kier molecular flexibility index (Phi) is 4.91. The minimum atomic E-state index is -0.271. The van der Waals surface area contributed by atoms with E-state index in [-0.39, 0.29) is 5.82 Å². The first kappa shape index (κ1) is 15.8. The van der Waals surface area contributed by atoms with Crippen LogP contribution in [0, 0.1) is 5.82 Å². The number of halogens is 1. The highest BCUT2D eigenvalue weighted by Crippen LogP contribution is 2.21. The van der Waals surface area contributed by atoms with E-state index in [2.05, 4.69) is 10.5 Å². The van der Waals surface area contributed by atoms with E-state index < -0.39 is 0 Å². The molecule has 3 aromatic rings. The number of rotatable bonds is 6. The molecule has 0 fully saturated rings. The maximum absolute atomic E-state index is 12.9. The lowest BCUT2D eigenvalue weighted by Crippen LogP contribution is -2.06. The highest BCUT2D eigenvalue weighted by molar-refractivity contribution is 5.77. The van der Waals surface area contributed by atoms with Gasteiger partial charge in [0.15, 0.2) is 0 Å². The molecule has 0 atom stereocenters. The fourth-order valence-corrected chi connectivity index (χ4v) is 2.28. The number of ether oxygens (including phenoxy) is 1. The monoisotopic (exact) mass is 324 g/mol. The molecule has 1 heterocycles. The summed E-state index contributed by atoms with van der Waals surface area (Å²) in [6.45, 7) is 0.548. The summed E-state index contributed by atoms with van der Waals surface area (Å²) < 4.78 is 23.9. The van der Waals surface area contributed by atoms with Gasteiger partial charge in [-0.2, -0.15) is 5.10 Å². The number of nitrogens with zero attached hydrogens (tertiary/aromatic N) is 1. The van der Waals surface area contributed by atoms with Crippen LogP contribution in [0.15, 0.2) is 70.2 Å². The van der Waals surface area contributed by atoms with Gasteiger partial charge in [0, 0.05) is 11.1 Å². The standard InChI is InChI=1S/C19H17FN2O2/c1-23-18-5-3-2-4-15(18)12-21-22-13-17-10-11-19(24-17)14-6-8-16(20)9-7-14/h2-11,13,21H,12H2,1H3/b22-13-. The second-order valence-corrected chi connectivity index (χ2v) is 5.11. The zero-order chi connectivity index (χ0) is 16.8. The van der Waals surface area contributed by atoms with Gasteiger partial charge in [-0.15, -0.1) is 0 Å². The number of benzene rings is 2. The fraction of sp³-hybridized carbons (Fsp3) is 0.105. The second-order valence-electron chi connectivity index (χ2n) is 5.11. The van der Waals surface area contributed by atoms with Gasteiger partial charge in [-0.1, -0.05) is 18.2 Å². The highest BCUT2D eigenvalue weighted by Gasteiger charge is 2.04. The normalized spacial score (nSPS) is 10.9. The van der Waals surface area contributed by atoms with Crippen LogP contribution in [0.1, 0.15) is 11.3 Å². The molecule has 3 rings (SSSR count). The quantitative estimate of drug-likeness (QED) is 0.545. The van der Waals surface area contributed by atoms with Crippen LogP contribution >= 0.6 is 0 Å². The lowest BCUT2D eigenvalue weighted by Gasteiger charge is -2.06. The van der Waals surface area contributed by atoms with E-state index in [0.717, 1.165) is 16.9 Å². The van der Waals surface area contributed by atoms with Crippen molar-refractivity contribution >= 4 is 6.21 Å². The maximum Gasteiger partial charge on any atom is 0.147 e. The van der Waals surface area contributed by atoms with E-state index in [9.17, 15) is 4.39 Å². The van der Waals surface area contributed by atoms with Crippen molar-refractivity contribution in [3.63, 3.8) is 0 Å². The molecule has 1 N–H and O–H groups in total. The number of hydrogen-bond donors (Lipinski definition) is 1. The smallest absolute Gasteiger partial charge is 0.147 e. The van der Waals surface area contributed by atoms with E-state index in [1.807, 2.05) is 36.4 Å². The molecule has 0 aliphatic carbocycles. The Morgan fingerprint density at radius 2 is 1.88 bits per heavy atom. The first-order valence-electron chi connectivity index (χ1n) is 7.50. The van der Waals surface area contributed by atoms with Gasteiger partial charge < -0.3 is 14.6 Å². The van der Waals surface area contributed by atoms with Crippen molar-refractivity contribution in [1.29, 1.82) is 0 Å². The van der Waals surface area contributed by atoms with Gasteiger partial charge in [0.25, 0.3) is 0 Å². The van der Waals surface area contributed by atoms with Crippen molar-refractivity contribution < 1.29 is 13.5 Å². The van der Waals surface area contributed by atoms with E-state index in [1.54, 1.807) is 25.5 Å². The van der Waals surface area contributed by atoms with E-state index in [4.69, 9.17) is 9.15 Å². The maximum atomic E-state index is 12.9. The first-order valence-corrected chi connectivity index (χ1v) is 7.50. The summed E-state index contributed by atoms with van der Waals surface area (Å²) in [7, 11) is 1.64. The van der Waals surface area contributed by atoms with Crippen LogP contribution in [0.25, 0.3) is 11.3 Å². The number of nitrogens with one attached hydrogen (secondary N) is 1. The molecule has 0 saturated carbocycles. The number of furan rings is 1. The van der Waals surface area contributed by atoms with Crippen molar-refractivity contribution in [3.05, 3.63) is 77.8 Å². The van der Waals surface area contributed by atoms with Crippen molar-refractivity contribution in [2.24, 2.45) is 5.10 Å². The van der Waals surface area contributed by atoms with Crippen molar-refractivity contribution in [3.8, 4) is 17.1 Å². The molecule has 122 valence electrons. The molecule has 1 aromatic heterocycles. The molecular weight excluding hydrogens is 307 g/mol. The number of hydrogen-bond acceptors (Lipinski definition) is 4. The molecule has 2 aromatic carbocycles. The van der Waals surface area contributed by atoms with Crippen LogP contribution in [0.5, 0.6) is 5.75 Å². The predicted octanol–water partition coefficient (Wildman–Crippen LogP) is 4.22. The molecule has 0 spiro atoms. The molecule has 0 amide bonds. The van der Waals surface area contributed by atoms with Gasteiger partial charge in [0.1, 0.15) is 23.1 Å². The summed E-state index contributed by atoms with van der Waals surface area (Å²) in [5.74, 6) is 1.83. The van der Waals surface area contributed by atoms with E-state index in [0.29, 0.717) is 18.1 Å². The number of methoxy groups -OCH3 is 1. The zero-order valence-corrected chi connectivity index (χ0v) is 13.2. The first-order chi connectivity index (χ1) is 11.8. The largest absolute Gasteiger partial charge is 0.496 e. The summed E-state index contributed by atoms with van der Waals surface area (Å²) in [4.78, 5) is 0. The highest BCUT2D eigenvalue weighted by atomic mass is 19.1. The van der Waals surface area contributed by atoms with Crippen LogP contribution in [0.4, 0.5) is 4.39 Å². The van der Waals surface area contributed by atoms with Crippen molar-refractivity contribution in [2.45, 2.75) is 6.54 Å². The zero-order valence-electron chi connectivity index (χ0n) is 13.2. The summed E-state index contributed by atoms with van der Waals surface area (Å²) >= 11 is 0. The Hall–Kier alpha value is -3.08. The summed E-state index contributed by atoms with van der Waals surface area (Å²) in [5.41, 5.74) is 4.80. The van der Waals surface area contributed by atoms with Crippen LogP contribution < -0.4 is 10.2 Å². The predicted molar refractivity (Wildman–Crippen MR) is 91.5 cm³/mol. The molecule has 0 aliphatic heterocycles. The SMILES string of the molecule is COc1ccccc1CN/N=C\c1ccc(-c2ccc(F)cc2)o1. The third-order valence-electron chi connectivity index (χ3n) is 3.50. The average molecular weight is 324 g/mol. The van der Waals surface area contributed by atoms with E-state index >= 15 is 0 Å². The minimum absolute atomic E-state index is 0.271. The van der Waals surface area contributed by atoms with Crippen molar-refractivity contribution in [2.75, 3.05) is 7.11 Å². The van der Waals surface area contributed by atoms with Crippen LogP contribution in [0.2, 0.25) is 0 Å². The van der Waals surface area contributed by atoms with Crippen LogP contribution in [-0.4, -0.2) is 13.3 Å². The van der Waals surface area contributed by atoms with Gasteiger partial charge >= 0.3 is 0 Å². The molecule has 0 aliphatic rings. The van der Waals surface area contributed by atoms with Crippen LogP contribution in [-0.2, 0) is 6.54 Å². The third-order valence-corrected chi connectivity index (χ3v) is 3.50. The molecule has 4 nitrogen and oxygen atoms in total. The van der Waals surface area contributed by atoms with E-state index in [1.165, 1.54) is 12.1 Å². The van der Waals surface area contributed by atoms with Gasteiger partial charge in [0.05, 0.1) is 19.9 Å². The fourth-order valence-electron chi connectivity index (χ4n) is 2.28. The molecular formula is C19H17FN2O2. The second kappa shape index (κ2) is 7.46. The third kappa shape index (κ3) is 3.81. The molecule has 0 radical (unpaired) electrons. The molecule has 5 heteroatoms. The molecule has 0 bridgehead atoms. The van der Waals surface area contributed by atoms with Gasteiger partial charge in [-0.25, -0.2) is 4.39 Å². The Balaban J connectivity index is 1.60.